The molecule has 0 aliphatic heterocycles. The van der Waals surface area contributed by atoms with Crippen LogP contribution in [0.25, 0.3) is 0 Å². The summed E-state index contributed by atoms with van der Waals surface area (Å²) in [6, 6.07) is 5.82. The number of non-ortho nitro benzene ring substituents is 1. The maximum absolute atomic E-state index is 12.7. The highest BCUT2D eigenvalue weighted by Gasteiger charge is 2.21. The molecule has 0 radical (unpaired) electrons. The number of benzene rings is 1. The minimum atomic E-state index is -1.66. The van der Waals surface area contributed by atoms with E-state index in [0.717, 1.165) is 57.0 Å². The molecule has 0 fully saturated rings. The van der Waals surface area contributed by atoms with Crippen molar-refractivity contribution in [2.24, 2.45) is 4.74 Å². The zero-order chi connectivity index (χ0) is 18.7. The van der Waals surface area contributed by atoms with Gasteiger partial charge in [0.05, 0.1) is 4.92 Å². The molecule has 5 nitrogen and oxygen atoms in total. The fourth-order valence-electron chi connectivity index (χ4n) is 2.82. The molecular formula is C19H31N2O3P. The van der Waals surface area contributed by atoms with Crippen LogP contribution in [0, 0.1) is 10.1 Å². The van der Waals surface area contributed by atoms with E-state index in [4.69, 9.17) is 4.74 Å². The predicted octanol–water partition coefficient (Wildman–Crippen LogP) is 6.34. The topological polar surface area (TPSA) is 72.6 Å². The summed E-state index contributed by atoms with van der Waals surface area (Å²) in [6.07, 6.45) is 9.80. The van der Waals surface area contributed by atoms with Crippen LogP contribution in [0.2, 0.25) is 0 Å². The first-order valence-corrected chi connectivity index (χ1v) is 11.7. The van der Waals surface area contributed by atoms with Crippen molar-refractivity contribution in [1.82, 2.24) is 0 Å². The Morgan fingerprint density at radius 3 is 1.76 bits per heavy atom. The van der Waals surface area contributed by atoms with Gasteiger partial charge in [-0.1, -0.05) is 40.0 Å². The van der Waals surface area contributed by atoms with Crippen LogP contribution in [-0.4, -0.2) is 29.3 Å². The quantitative estimate of drug-likeness (QED) is 0.261. The van der Waals surface area contributed by atoms with Crippen molar-refractivity contribution in [1.29, 1.82) is 0 Å². The van der Waals surface area contributed by atoms with Crippen LogP contribution in [0.3, 0.4) is 0 Å². The molecule has 25 heavy (non-hydrogen) atoms. The Morgan fingerprint density at radius 1 is 0.960 bits per heavy atom. The number of hydrogen-bond donors (Lipinski definition) is 0. The first-order chi connectivity index (χ1) is 12.0. The third kappa shape index (κ3) is 7.11. The van der Waals surface area contributed by atoms with E-state index >= 15 is 0 Å². The van der Waals surface area contributed by atoms with E-state index in [0.29, 0.717) is 5.56 Å². The lowest BCUT2D eigenvalue weighted by molar-refractivity contribution is -0.384. The second-order valence-corrected chi connectivity index (χ2v) is 10.3. The zero-order valence-electron chi connectivity index (χ0n) is 15.7. The summed E-state index contributed by atoms with van der Waals surface area (Å²) in [6.45, 7) is 6.52. The van der Waals surface area contributed by atoms with E-state index in [2.05, 4.69) is 20.8 Å². The fraction of sp³-hybridized carbons (Fsp3) is 0.632. The number of hydrogen-bond acceptors (Lipinski definition) is 3. The Morgan fingerprint density at radius 2 is 1.40 bits per heavy atom. The number of amides is 1. The number of rotatable bonds is 11. The first-order valence-electron chi connectivity index (χ1n) is 9.36. The van der Waals surface area contributed by atoms with E-state index in [1.54, 1.807) is 0 Å². The summed E-state index contributed by atoms with van der Waals surface area (Å²) >= 11 is 0. The van der Waals surface area contributed by atoms with Crippen LogP contribution >= 0.6 is 7.05 Å². The smallest absolute Gasteiger partial charge is 0.267 e. The average molecular weight is 366 g/mol. The third-order valence-electron chi connectivity index (χ3n) is 4.41. The van der Waals surface area contributed by atoms with Crippen molar-refractivity contribution in [2.45, 2.75) is 59.3 Å². The van der Waals surface area contributed by atoms with Gasteiger partial charge in [-0.3, -0.25) is 14.9 Å². The second-order valence-electron chi connectivity index (χ2n) is 6.54. The first kappa shape index (κ1) is 21.6. The molecule has 1 amide bonds. The minimum Gasteiger partial charge on any atom is -0.267 e. The predicted molar refractivity (Wildman–Crippen MR) is 106 cm³/mol. The van der Waals surface area contributed by atoms with Gasteiger partial charge in [0.1, 0.15) is 0 Å². The van der Waals surface area contributed by atoms with E-state index in [1.807, 2.05) is 0 Å². The number of nitrogens with zero attached hydrogens (tertiary/aromatic N) is 2. The number of carbonyl (C=O) groups excluding carboxylic acids is 1. The number of carbonyl (C=O) groups is 1. The van der Waals surface area contributed by atoms with Crippen LogP contribution in [-0.2, 0) is 0 Å². The van der Waals surface area contributed by atoms with Crippen LogP contribution in [0.15, 0.2) is 29.0 Å². The van der Waals surface area contributed by atoms with Gasteiger partial charge in [0.25, 0.3) is 11.6 Å². The zero-order valence-corrected chi connectivity index (χ0v) is 16.6. The van der Waals surface area contributed by atoms with E-state index in [-0.39, 0.29) is 11.6 Å². The van der Waals surface area contributed by atoms with Crippen molar-refractivity contribution in [3.8, 4) is 0 Å². The summed E-state index contributed by atoms with van der Waals surface area (Å²) in [7, 11) is -1.66. The van der Waals surface area contributed by atoms with Gasteiger partial charge < -0.3 is 0 Å². The molecule has 0 saturated carbocycles. The van der Waals surface area contributed by atoms with E-state index in [9.17, 15) is 14.9 Å². The molecule has 1 aromatic rings. The molecule has 0 atom stereocenters. The van der Waals surface area contributed by atoms with Gasteiger partial charge in [-0.15, -0.1) is 0 Å². The van der Waals surface area contributed by atoms with Gasteiger partial charge in [-0.25, -0.2) is 4.74 Å². The van der Waals surface area contributed by atoms with Crippen LogP contribution < -0.4 is 0 Å². The molecule has 140 valence electrons. The average Bonchev–Trinajstić information content (AvgIpc) is 2.62. The molecule has 1 aromatic carbocycles. The molecule has 0 aliphatic carbocycles. The van der Waals surface area contributed by atoms with Crippen molar-refractivity contribution >= 4 is 18.6 Å². The van der Waals surface area contributed by atoms with E-state index in [1.165, 1.54) is 24.3 Å². The highest BCUT2D eigenvalue weighted by atomic mass is 31.2. The van der Waals surface area contributed by atoms with Crippen molar-refractivity contribution in [2.75, 3.05) is 18.5 Å². The molecule has 0 N–H and O–H groups in total. The molecule has 0 spiro atoms. The Balaban J connectivity index is 3.14. The molecule has 0 bridgehead atoms. The van der Waals surface area contributed by atoms with Gasteiger partial charge in [0, 0.05) is 17.7 Å². The number of nitro groups is 1. The summed E-state index contributed by atoms with van der Waals surface area (Å²) in [5.74, 6) is -0.202. The summed E-state index contributed by atoms with van der Waals surface area (Å²) in [4.78, 5) is 23.0. The van der Waals surface area contributed by atoms with Gasteiger partial charge in [0.15, 0.2) is 0 Å². The highest BCUT2D eigenvalue weighted by molar-refractivity contribution is 7.66. The van der Waals surface area contributed by atoms with Crippen molar-refractivity contribution in [3.63, 3.8) is 0 Å². The minimum absolute atomic E-state index is 0.000517. The number of unbranched alkanes of at least 4 members (excludes halogenated alkanes) is 3. The van der Waals surface area contributed by atoms with Gasteiger partial charge in [0.2, 0.25) is 0 Å². The van der Waals surface area contributed by atoms with Crippen molar-refractivity contribution < 1.29 is 9.72 Å². The SMILES string of the molecule is CCCCP(CCCC)(CCCC)=NC(=O)c1ccc([N+](=O)[O-])cc1. The molecule has 0 aromatic heterocycles. The lowest BCUT2D eigenvalue weighted by atomic mass is 10.2. The van der Waals surface area contributed by atoms with E-state index < -0.39 is 12.0 Å². The fourth-order valence-corrected chi connectivity index (χ4v) is 7.01. The summed E-state index contributed by atoms with van der Waals surface area (Å²) in [5, 5.41) is 10.8. The normalized spacial score (nSPS) is 11.3. The molecule has 0 aliphatic rings. The molecule has 0 heterocycles. The molecule has 6 heteroatoms. The lowest BCUT2D eigenvalue weighted by Gasteiger charge is -2.24. The maximum Gasteiger partial charge on any atom is 0.275 e. The van der Waals surface area contributed by atoms with Crippen LogP contribution in [0.4, 0.5) is 5.69 Å². The third-order valence-corrected chi connectivity index (χ3v) is 8.46. The maximum atomic E-state index is 12.7. The van der Waals surface area contributed by atoms with Crippen molar-refractivity contribution in [3.05, 3.63) is 39.9 Å². The Labute approximate surface area is 151 Å². The van der Waals surface area contributed by atoms with Crippen LogP contribution in [0.1, 0.15) is 69.7 Å². The summed E-state index contributed by atoms with van der Waals surface area (Å²) < 4.78 is 4.77. The largest absolute Gasteiger partial charge is 0.275 e. The van der Waals surface area contributed by atoms with Gasteiger partial charge >= 0.3 is 0 Å². The Kier molecular flexibility index (Phi) is 9.66. The van der Waals surface area contributed by atoms with Crippen LogP contribution in [0.5, 0.6) is 0 Å². The van der Waals surface area contributed by atoms with Gasteiger partial charge in [-0.05, 0) is 56.9 Å². The number of nitro benzene ring substituents is 1. The van der Waals surface area contributed by atoms with Gasteiger partial charge in [-0.2, -0.15) is 0 Å². The molecular weight excluding hydrogens is 335 g/mol. The second kappa shape index (κ2) is 11.2. The Bertz CT molecular complexity index is 583. The molecule has 0 saturated heterocycles. The Hall–Kier alpha value is -1.48. The standard InChI is InChI=1S/C19H31N2O3P/c1-4-7-14-25(15-8-5-2,16-9-6-3)20-19(22)17-10-12-18(13-11-17)21(23)24/h10-13H,4-9,14-16H2,1-3H3. The molecule has 0 unspecified atom stereocenters. The monoisotopic (exact) mass is 366 g/mol. The summed E-state index contributed by atoms with van der Waals surface area (Å²) in [5.41, 5.74) is 0.458. The lowest BCUT2D eigenvalue weighted by Crippen LogP contribution is -2.05. The molecule has 1 rings (SSSR count). The highest BCUT2D eigenvalue weighted by Crippen LogP contribution is 2.52.